The highest BCUT2D eigenvalue weighted by molar-refractivity contribution is 6.35. The van der Waals surface area contributed by atoms with Crippen LogP contribution in [0.15, 0.2) is 126 Å². The molecule has 6 aromatic rings. The molecule has 0 amide bonds. The van der Waals surface area contributed by atoms with Gasteiger partial charge in [0.15, 0.2) is 0 Å². The van der Waals surface area contributed by atoms with Crippen LogP contribution in [-0.4, -0.2) is 39.5 Å². The number of halogens is 10. The average Bonchev–Trinajstić information content (AvgIpc) is 3.58. The third kappa shape index (κ3) is 9.61. The van der Waals surface area contributed by atoms with E-state index < -0.39 is 29.9 Å². The van der Waals surface area contributed by atoms with Gasteiger partial charge in [-0.3, -0.25) is 9.97 Å². The lowest BCUT2D eigenvalue weighted by molar-refractivity contribution is -0.275. The average molecular weight is 824 g/mol. The van der Waals surface area contributed by atoms with Gasteiger partial charge in [-0.1, -0.05) is 87.6 Å². The molecule has 0 aliphatic carbocycles. The number of hydrogen-bond donors (Lipinski definition) is 1. The van der Waals surface area contributed by atoms with Crippen molar-refractivity contribution >= 4 is 85.7 Å². The Balaban J connectivity index is 0.000000174. The van der Waals surface area contributed by atoms with Crippen LogP contribution < -0.4 is 0 Å². The molecule has 0 saturated carbocycles. The largest absolute Gasteiger partial charge is 0.435 e. The summed E-state index contributed by atoms with van der Waals surface area (Å²) in [5.41, 5.74) is -0.625. The minimum atomic E-state index is -4.72. The molecule has 0 spiro atoms. The minimum Gasteiger partial charge on any atom is -0.411 e. The first-order chi connectivity index (χ1) is 25.5. The molecule has 0 fully saturated rings. The van der Waals surface area contributed by atoms with E-state index in [0.717, 1.165) is 27.4 Å². The zero-order valence-corrected chi connectivity index (χ0v) is 30.3. The molecule has 0 bridgehead atoms. The van der Waals surface area contributed by atoms with E-state index in [1.165, 1.54) is 42.6 Å². The van der Waals surface area contributed by atoms with Crippen molar-refractivity contribution in [2.75, 3.05) is 0 Å². The minimum absolute atomic E-state index is 0.0926. The lowest BCUT2D eigenvalue weighted by Crippen LogP contribution is -2.42. The molecule has 54 heavy (non-hydrogen) atoms. The first-order valence-corrected chi connectivity index (χ1v) is 16.9. The van der Waals surface area contributed by atoms with Crippen LogP contribution in [-0.2, 0) is 10.4 Å². The number of fused-ring (bicyclic) bond motifs is 2. The molecule has 7 rings (SSSR count). The summed E-state index contributed by atoms with van der Waals surface area (Å²) in [5, 5.41) is 17.4. The van der Waals surface area contributed by atoms with E-state index in [0.29, 0.717) is 5.56 Å². The van der Waals surface area contributed by atoms with Crippen molar-refractivity contribution < 1.29 is 36.4 Å². The first-order valence-electron chi connectivity index (χ1n) is 15.4. The Hall–Kier alpha value is -4.88. The Morgan fingerprint density at radius 3 is 1.81 bits per heavy atom. The third-order valence-corrected chi connectivity index (χ3v) is 8.71. The predicted molar refractivity (Wildman–Crippen MR) is 201 cm³/mol. The Bertz CT molecular complexity index is 2350. The summed E-state index contributed by atoms with van der Waals surface area (Å²) in [7, 11) is 0. The smallest absolute Gasteiger partial charge is 0.411 e. The summed E-state index contributed by atoms with van der Waals surface area (Å²) in [6, 6.07) is 25.7. The van der Waals surface area contributed by atoms with Gasteiger partial charge in [0.2, 0.25) is 0 Å². The standard InChI is InChI=1S/C19H11Cl2F3N2O.C10H8N2O.C9H5Cl2F3/c20-14-7-13(8-15(21)9-14)18(19(22,23)24)10-17(26-27-18)12-3-4-16-11(6-12)2-1-5-25-16;13-12-7-8-3-4-10-9(6-8)2-1-5-11-10;1-5(9(12,13)14)6-2-7(10)4-8(11)3-6/h1-9H,10H2;1-7,13H;2-4H,1H2/b;12-7+;. The van der Waals surface area contributed by atoms with Crippen LogP contribution in [0.25, 0.3) is 27.4 Å². The number of aromatic nitrogens is 2. The molecule has 1 atom stereocenters. The highest BCUT2D eigenvalue weighted by atomic mass is 35.5. The molecule has 0 radical (unpaired) electrons. The van der Waals surface area contributed by atoms with Gasteiger partial charge in [-0.2, -0.15) is 26.3 Å². The molecule has 3 heterocycles. The number of alkyl halides is 6. The van der Waals surface area contributed by atoms with Crippen LogP contribution in [0.4, 0.5) is 26.3 Å². The fourth-order valence-corrected chi connectivity index (χ4v) is 6.29. The van der Waals surface area contributed by atoms with Crippen molar-refractivity contribution in [1.82, 2.24) is 9.97 Å². The number of pyridine rings is 2. The lowest BCUT2D eigenvalue weighted by atomic mass is 9.86. The molecule has 16 heteroatoms. The SMILES string of the molecule is C=C(c1cc(Cl)cc(Cl)c1)C(F)(F)F.FC(F)(F)C1(c2cc(Cl)cc(Cl)c2)CC(c2ccc3ncccc3c2)=NO1.O/N=C/c1ccc2ncccc2c1. The van der Waals surface area contributed by atoms with E-state index in [9.17, 15) is 26.3 Å². The van der Waals surface area contributed by atoms with E-state index in [-0.39, 0.29) is 36.9 Å². The molecule has 1 aliphatic rings. The molecule has 6 nitrogen and oxygen atoms in total. The molecule has 4 aromatic carbocycles. The van der Waals surface area contributed by atoms with Gasteiger partial charge in [-0.15, -0.1) is 0 Å². The second kappa shape index (κ2) is 16.6. The van der Waals surface area contributed by atoms with Crippen LogP contribution in [0.5, 0.6) is 0 Å². The van der Waals surface area contributed by atoms with Gasteiger partial charge in [0.1, 0.15) is 0 Å². The van der Waals surface area contributed by atoms with Gasteiger partial charge in [-0.25, -0.2) is 0 Å². The van der Waals surface area contributed by atoms with E-state index in [2.05, 4.69) is 26.9 Å². The predicted octanol–water partition coefficient (Wildman–Crippen LogP) is 12.7. The van der Waals surface area contributed by atoms with Crippen LogP contribution >= 0.6 is 46.4 Å². The Kier molecular flexibility index (Phi) is 12.4. The number of rotatable bonds is 4. The Labute approximate surface area is 323 Å². The molecule has 2 aromatic heterocycles. The maximum absolute atomic E-state index is 14.0. The van der Waals surface area contributed by atoms with E-state index in [4.69, 9.17) is 56.4 Å². The van der Waals surface area contributed by atoms with Crippen LogP contribution in [0.1, 0.15) is 28.7 Å². The van der Waals surface area contributed by atoms with Crippen LogP contribution in [0.2, 0.25) is 20.1 Å². The second-order valence-electron chi connectivity index (χ2n) is 11.5. The van der Waals surface area contributed by atoms with Gasteiger partial charge in [0, 0.05) is 60.8 Å². The molecule has 1 unspecified atom stereocenters. The zero-order valence-electron chi connectivity index (χ0n) is 27.3. The quantitative estimate of drug-likeness (QED) is 0.0831. The van der Waals surface area contributed by atoms with Gasteiger partial charge >= 0.3 is 12.4 Å². The molecule has 278 valence electrons. The van der Waals surface area contributed by atoms with Gasteiger partial charge in [0.25, 0.3) is 5.60 Å². The monoisotopic (exact) mass is 822 g/mol. The molecule has 1 aliphatic heterocycles. The van der Waals surface area contributed by atoms with Gasteiger partial charge in [0.05, 0.1) is 28.5 Å². The summed E-state index contributed by atoms with van der Waals surface area (Å²) >= 11 is 22.9. The highest BCUT2D eigenvalue weighted by Crippen LogP contribution is 2.49. The summed E-state index contributed by atoms with van der Waals surface area (Å²) < 4.78 is 78.7. The summed E-state index contributed by atoms with van der Waals surface area (Å²) in [6.45, 7) is 2.94. The number of oxime groups is 2. The van der Waals surface area contributed by atoms with Crippen molar-refractivity contribution in [3.63, 3.8) is 0 Å². The first kappa shape index (κ1) is 40.3. The van der Waals surface area contributed by atoms with Crippen LogP contribution in [0, 0.1) is 0 Å². The van der Waals surface area contributed by atoms with E-state index >= 15 is 0 Å². The number of benzene rings is 4. The van der Waals surface area contributed by atoms with Crippen molar-refractivity contribution in [2.24, 2.45) is 10.3 Å². The van der Waals surface area contributed by atoms with E-state index in [1.54, 1.807) is 36.7 Å². The van der Waals surface area contributed by atoms with Crippen molar-refractivity contribution in [2.45, 2.75) is 24.4 Å². The lowest BCUT2D eigenvalue weighted by Gasteiger charge is -2.29. The topological polar surface area (TPSA) is 80.0 Å². The second-order valence-corrected chi connectivity index (χ2v) is 13.3. The third-order valence-electron chi connectivity index (χ3n) is 7.84. The van der Waals surface area contributed by atoms with Crippen molar-refractivity contribution in [3.05, 3.63) is 158 Å². The molecule has 0 saturated heterocycles. The molecular weight excluding hydrogens is 800 g/mol. The van der Waals surface area contributed by atoms with Gasteiger partial charge < -0.3 is 10.0 Å². The molecule has 1 N–H and O–H groups in total. The summed E-state index contributed by atoms with van der Waals surface area (Å²) in [5.74, 6) is 0. The summed E-state index contributed by atoms with van der Waals surface area (Å²) in [6.07, 6.45) is -4.87. The maximum Gasteiger partial charge on any atom is 0.435 e. The van der Waals surface area contributed by atoms with Crippen molar-refractivity contribution in [3.8, 4) is 0 Å². The molecular formula is C38H24Cl4F6N4O2. The summed E-state index contributed by atoms with van der Waals surface area (Å²) in [4.78, 5) is 13.4. The Morgan fingerprint density at radius 2 is 1.28 bits per heavy atom. The van der Waals surface area contributed by atoms with Gasteiger partial charge in [-0.05, 0) is 83.9 Å². The van der Waals surface area contributed by atoms with E-state index in [1.807, 2.05) is 36.4 Å². The van der Waals surface area contributed by atoms with Crippen molar-refractivity contribution in [1.29, 1.82) is 0 Å². The maximum atomic E-state index is 14.0. The zero-order chi connectivity index (χ0) is 39.3. The number of hydrogen-bond acceptors (Lipinski definition) is 6. The Morgan fingerprint density at radius 1 is 0.741 bits per heavy atom. The number of allylic oxidation sites excluding steroid dienone is 1. The highest BCUT2D eigenvalue weighted by Gasteiger charge is 2.62. The fourth-order valence-electron chi connectivity index (χ4n) is 5.23. The fraction of sp³-hybridized carbons (Fsp3) is 0.105. The number of nitrogens with zero attached hydrogens (tertiary/aromatic N) is 4. The normalized spacial score (nSPS) is 15.6. The van der Waals surface area contributed by atoms with Crippen LogP contribution in [0.3, 0.4) is 0 Å².